The van der Waals surface area contributed by atoms with Crippen molar-refractivity contribution in [3.05, 3.63) is 95.7 Å². The highest BCUT2D eigenvalue weighted by Gasteiger charge is 2.15. The van der Waals surface area contributed by atoms with Gasteiger partial charge in [-0.15, -0.1) is 0 Å². The minimum absolute atomic E-state index is 0.0917. The Morgan fingerprint density at radius 3 is 2.22 bits per heavy atom. The Hall–Kier alpha value is -3.14. The molecule has 1 amide bonds. The highest BCUT2D eigenvalue weighted by molar-refractivity contribution is 5.94. The van der Waals surface area contributed by atoms with E-state index in [2.05, 4.69) is 41.2 Å². The molecule has 0 bridgehead atoms. The molecule has 3 aromatic rings. The average Bonchev–Trinajstić information content (AvgIpc) is 2.71. The van der Waals surface area contributed by atoms with Crippen LogP contribution in [-0.4, -0.2) is 16.9 Å². The van der Waals surface area contributed by atoms with E-state index in [4.69, 9.17) is 0 Å². The van der Waals surface area contributed by atoms with Crippen molar-refractivity contribution < 1.29 is 4.79 Å². The molecule has 3 rings (SSSR count). The number of anilines is 1. The Morgan fingerprint density at radius 1 is 0.963 bits per heavy atom. The SMILES string of the molecule is CC(C)N(Cc1ccccc1)c1cc(C(=O)NCc2ccccc2)ccn1. The van der Waals surface area contributed by atoms with E-state index in [1.54, 1.807) is 12.3 Å². The third kappa shape index (κ3) is 5.17. The summed E-state index contributed by atoms with van der Waals surface area (Å²) in [5.74, 6) is 0.715. The lowest BCUT2D eigenvalue weighted by atomic mass is 10.1. The highest BCUT2D eigenvalue weighted by atomic mass is 16.1. The fourth-order valence-electron chi connectivity index (χ4n) is 2.91. The lowest BCUT2D eigenvalue weighted by Crippen LogP contribution is -2.31. The lowest BCUT2D eigenvalue weighted by molar-refractivity contribution is 0.0951. The largest absolute Gasteiger partial charge is 0.350 e. The van der Waals surface area contributed by atoms with Gasteiger partial charge in [-0.2, -0.15) is 0 Å². The molecular formula is C23H25N3O. The molecular weight excluding hydrogens is 334 g/mol. The van der Waals surface area contributed by atoms with Gasteiger partial charge in [-0.05, 0) is 37.1 Å². The van der Waals surface area contributed by atoms with E-state index in [-0.39, 0.29) is 11.9 Å². The molecule has 0 saturated heterocycles. The van der Waals surface area contributed by atoms with Crippen molar-refractivity contribution in [1.82, 2.24) is 10.3 Å². The van der Waals surface area contributed by atoms with Gasteiger partial charge in [0.05, 0.1) is 0 Å². The maximum absolute atomic E-state index is 12.6. The Balaban J connectivity index is 1.73. The van der Waals surface area contributed by atoms with Crippen LogP contribution in [0.5, 0.6) is 0 Å². The van der Waals surface area contributed by atoms with Gasteiger partial charge in [0.25, 0.3) is 5.91 Å². The quantitative estimate of drug-likeness (QED) is 0.679. The van der Waals surface area contributed by atoms with Crippen molar-refractivity contribution in [2.45, 2.75) is 33.0 Å². The molecule has 4 nitrogen and oxygen atoms in total. The summed E-state index contributed by atoms with van der Waals surface area (Å²) in [5, 5.41) is 2.98. The second-order valence-corrected chi connectivity index (χ2v) is 6.78. The van der Waals surface area contributed by atoms with E-state index in [1.165, 1.54) is 5.56 Å². The van der Waals surface area contributed by atoms with Crippen molar-refractivity contribution in [3.8, 4) is 0 Å². The molecule has 138 valence electrons. The number of benzene rings is 2. The van der Waals surface area contributed by atoms with Crippen molar-refractivity contribution in [1.29, 1.82) is 0 Å². The zero-order valence-corrected chi connectivity index (χ0v) is 15.8. The van der Waals surface area contributed by atoms with E-state index in [1.807, 2.05) is 54.6 Å². The predicted molar refractivity (Wildman–Crippen MR) is 110 cm³/mol. The maximum Gasteiger partial charge on any atom is 0.251 e. The van der Waals surface area contributed by atoms with Gasteiger partial charge in [-0.3, -0.25) is 4.79 Å². The topological polar surface area (TPSA) is 45.2 Å². The normalized spacial score (nSPS) is 10.6. The third-order valence-electron chi connectivity index (χ3n) is 4.42. The van der Waals surface area contributed by atoms with Gasteiger partial charge in [-0.1, -0.05) is 60.7 Å². The molecule has 0 aliphatic heterocycles. The van der Waals surface area contributed by atoms with Gasteiger partial charge >= 0.3 is 0 Å². The monoisotopic (exact) mass is 359 g/mol. The fourth-order valence-corrected chi connectivity index (χ4v) is 2.91. The highest BCUT2D eigenvalue weighted by Crippen LogP contribution is 2.19. The Labute approximate surface area is 160 Å². The molecule has 0 aliphatic rings. The predicted octanol–water partition coefficient (Wildman–Crippen LogP) is 4.43. The van der Waals surface area contributed by atoms with Crippen molar-refractivity contribution in [2.24, 2.45) is 0 Å². The minimum atomic E-state index is -0.0917. The molecule has 0 fully saturated rings. The summed E-state index contributed by atoms with van der Waals surface area (Å²) in [6, 6.07) is 24.1. The number of aromatic nitrogens is 1. The first-order valence-electron chi connectivity index (χ1n) is 9.22. The zero-order valence-electron chi connectivity index (χ0n) is 15.8. The summed E-state index contributed by atoms with van der Waals surface area (Å²) < 4.78 is 0. The number of hydrogen-bond donors (Lipinski definition) is 1. The number of amides is 1. The van der Waals surface area contributed by atoms with E-state index < -0.39 is 0 Å². The van der Waals surface area contributed by atoms with Crippen LogP contribution in [0.4, 0.5) is 5.82 Å². The fraction of sp³-hybridized carbons (Fsp3) is 0.217. The summed E-state index contributed by atoms with van der Waals surface area (Å²) in [7, 11) is 0. The molecule has 2 aromatic carbocycles. The first-order valence-corrected chi connectivity index (χ1v) is 9.22. The van der Waals surface area contributed by atoms with E-state index >= 15 is 0 Å². The van der Waals surface area contributed by atoms with Gasteiger partial charge in [0.15, 0.2) is 0 Å². The maximum atomic E-state index is 12.6. The molecule has 1 aromatic heterocycles. The molecule has 0 radical (unpaired) electrons. The molecule has 0 atom stereocenters. The second kappa shape index (κ2) is 8.99. The van der Waals surface area contributed by atoms with Crippen LogP contribution in [0.1, 0.15) is 35.3 Å². The molecule has 1 heterocycles. The molecule has 0 unspecified atom stereocenters. The van der Waals surface area contributed by atoms with Crippen LogP contribution >= 0.6 is 0 Å². The molecule has 0 saturated carbocycles. The van der Waals surface area contributed by atoms with Crippen LogP contribution in [0.25, 0.3) is 0 Å². The second-order valence-electron chi connectivity index (χ2n) is 6.78. The number of hydrogen-bond acceptors (Lipinski definition) is 3. The van der Waals surface area contributed by atoms with Crippen LogP contribution in [-0.2, 0) is 13.1 Å². The molecule has 0 aliphatic carbocycles. The Morgan fingerprint density at radius 2 is 1.59 bits per heavy atom. The van der Waals surface area contributed by atoms with Crippen LogP contribution < -0.4 is 10.2 Å². The van der Waals surface area contributed by atoms with Crippen LogP contribution in [0.2, 0.25) is 0 Å². The Bertz CT molecular complexity index is 863. The van der Waals surface area contributed by atoms with Crippen molar-refractivity contribution in [2.75, 3.05) is 4.90 Å². The first kappa shape index (κ1) is 18.6. The molecule has 4 heteroatoms. The summed E-state index contributed by atoms with van der Waals surface area (Å²) in [6.45, 7) is 5.52. The van der Waals surface area contributed by atoms with Crippen molar-refractivity contribution >= 4 is 11.7 Å². The number of carbonyl (C=O) groups excluding carboxylic acids is 1. The first-order chi connectivity index (χ1) is 13.1. The number of nitrogens with one attached hydrogen (secondary N) is 1. The zero-order chi connectivity index (χ0) is 19.1. The smallest absolute Gasteiger partial charge is 0.251 e. The van der Waals surface area contributed by atoms with Crippen molar-refractivity contribution in [3.63, 3.8) is 0 Å². The van der Waals surface area contributed by atoms with Gasteiger partial charge < -0.3 is 10.2 Å². The number of rotatable bonds is 7. The van der Waals surface area contributed by atoms with E-state index in [0.29, 0.717) is 12.1 Å². The number of carbonyl (C=O) groups is 1. The number of nitrogens with zero attached hydrogens (tertiary/aromatic N) is 2. The third-order valence-corrected chi connectivity index (χ3v) is 4.42. The standard InChI is InChI=1S/C23H25N3O/c1-18(2)26(17-20-11-7-4-8-12-20)22-15-21(13-14-24-22)23(27)25-16-19-9-5-3-6-10-19/h3-15,18H,16-17H2,1-2H3,(H,25,27). The van der Waals surface area contributed by atoms with Gasteiger partial charge in [0.1, 0.15) is 5.82 Å². The summed E-state index contributed by atoms with van der Waals surface area (Å²) in [4.78, 5) is 19.3. The van der Waals surface area contributed by atoms with Gasteiger partial charge in [0.2, 0.25) is 0 Å². The summed E-state index contributed by atoms with van der Waals surface area (Å²) in [6.07, 6.45) is 1.70. The number of pyridine rings is 1. The average molecular weight is 359 g/mol. The van der Waals surface area contributed by atoms with Gasteiger partial charge in [0, 0.05) is 30.9 Å². The Kier molecular flexibility index (Phi) is 6.21. The van der Waals surface area contributed by atoms with Crippen LogP contribution in [0, 0.1) is 0 Å². The van der Waals surface area contributed by atoms with Gasteiger partial charge in [-0.25, -0.2) is 4.98 Å². The molecule has 0 spiro atoms. The van der Waals surface area contributed by atoms with Crippen LogP contribution in [0.3, 0.4) is 0 Å². The summed E-state index contributed by atoms with van der Waals surface area (Å²) in [5.41, 5.74) is 2.91. The van der Waals surface area contributed by atoms with E-state index in [0.717, 1.165) is 17.9 Å². The lowest BCUT2D eigenvalue weighted by Gasteiger charge is -2.28. The summed E-state index contributed by atoms with van der Waals surface area (Å²) >= 11 is 0. The molecule has 27 heavy (non-hydrogen) atoms. The molecule has 1 N–H and O–H groups in total. The minimum Gasteiger partial charge on any atom is -0.350 e. The van der Waals surface area contributed by atoms with Crippen LogP contribution in [0.15, 0.2) is 79.0 Å². The van der Waals surface area contributed by atoms with E-state index in [9.17, 15) is 4.79 Å².